The van der Waals surface area contributed by atoms with E-state index in [-0.39, 0.29) is 6.04 Å². The number of aromatic nitrogens is 2. The van der Waals surface area contributed by atoms with Crippen molar-refractivity contribution in [2.45, 2.75) is 13.0 Å². The topological polar surface area (TPSA) is 37.8 Å². The summed E-state index contributed by atoms with van der Waals surface area (Å²) in [5, 5.41) is 3.38. The van der Waals surface area contributed by atoms with Gasteiger partial charge in [0.15, 0.2) is 0 Å². The zero-order valence-electron chi connectivity index (χ0n) is 11.0. The van der Waals surface area contributed by atoms with Crippen molar-refractivity contribution >= 4 is 32.8 Å². The second kappa shape index (κ2) is 5.59. The lowest BCUT2D eigenvalue weighted by Crippen LogP contribution is -2.08. The van der Waals surface area contributed by atoms with E-state index >= 15 is 0 Å². The average molecular weight is 328 g/mol. The maximum Gasteiger partial charge on any atom is 0.145 e. The highest BCUT2D eigenvalue weighted by Crippen LogP contribution is 2.20. The highest BCUT2D eigenvalue weighted by molar-refractivity contribution is 9.10. The van der Waals surface area contributed by atoms with Crippen LogP contribution in [0, 0.1) is 0 Å². The molecule has 20 heavy (non-hydrogen) atoms. The van der Waals surface area contributed by atoms with Crippen LogP contribution >= 0.6 is 15.9 Å². The summed E-state index contributed by atoms with van der Waals surface area (Å²) in [5.41, 5.74) is 3.00. The van der Waals surface area contributed by atoms with Crippen molar-refractivity contribution in [2.24, 2.45) is 0 Å². The number of hydrogen-bond acceptors (Lipinski definition) is 3. The van der Waals surface area contributed by atoms with Crippen molar-refractivity contribution in [1.82, 2.24) is 9.97 Å². The smallest absolute Gasteiger partial charge is 0.145 e. The van der Waals surface area contributed by atoms with Gasteiger partial charge >= 0.3 is 0 Å². The molecule has 2 aromatic carbocycles. The molecule has 100 valence electrons. The molecule has 1 N–H and O–H groups in total. The first kappa shape index (κ1) is 13.1. The van der Waals surface area contributed by atoms with Gasteiger partial charge in [0.25, 0.3) is 0 Å². The summed E-state index contributed by atoms with van der Waals surface area (Å²) in [5.74, 6) is 0.788. The van der Waals surface area contributed by atoms with Gasteiger partial charge in [-0.05, 0) is 30.7 Å². The minimum Gasteiger partial charge on any atom is -0.362 e. The molecule has 3 rings (SSSR count). The molecular weight excluding hydrogens is 314 g/mol. The standard InChI is InChI=1S/C16H14BrN3/c1-11(12-5-3-2-4-6-12)19-16-10-18-15-9-13(17)7-8-14(15)20-16/h2-11H,1H3,(H,19,20)/t11-/m1/s1. The molecule has 1 atom stereocenters. The lowest BCUT2D eigenvalue weighted by Gasteiger charge is -2.14. The number of benzene rings is 2. The van der Waals surface area contributed by atoms with Crippen molar-refractivity contribution in [3.8, 4) is 0 Å². The number of nitrogens with zero attached hydrogens (tertiary/aromatic N) is 2. The van der Waals surface area contributed by atoms with Crippen molar-refractivity contribution in [3.05, 3.63) is 64.8 Å². The van der Waals surface area contributed by atoms with E-state index in [0.29, 0.717) is 0 Å². The molecule has 4 heteroatoms. The molecule has 0 aliphatic carbocycles. The molecule has 0 radical (unpaired) electrons. The Labute approximate surface area is 126 Å². The first-order valence-electron chi connectivity index (χ1n) is 6.46. The third-order valence-corrected chi connectivity index (χ3v) is 3.66. The van der Waals surface area contributed by atoms with E-state index in [1.54, 1.807) is 6.20 Å². The molecule has 0 unspecified atom stereocenters. The average Bonchev–Trinajstić information content (AvgIpc) is 2.48. The SMILES string of the molecule is C[C@@H](Nc1cnc2cc(Br)ccc2n1)c1ccccc1. The van der Waals surface area contributed by atoms with E-state index < -0.39 is 0 Å². The molecule has 0 spiro atoms. The number of fused-ring (bicyclic) bond motifs is 1. The highest BCUT2D eigenvalue weighted by Gasteiger charge is 2.06. The fourth-order valence-electron chi connectivity index (χ4n) is 2.10. The number of anilines is 1. The van der Waals surface area contributed by atoms with E-state index in [0.717, 1.165) is 21.3 Å². The largest absolute Gasteiger partial charge is 0.362 e. The van der Waals surface area contributed by atoms with E-state index in [1.165, 1.54) is 5.56 Å². The lowest BCUT2D eigenvalue weighted by atomic mass is 10.1. The summed E-state index contributed by atoms with van der Waals surface area (Å²) < 4.78 is 1.01. The van der Waals surface area contributed by atoms with Gasteiger partial charge in [-0.15, -0.1) is 0 Å². The summed E-state index contributed by atoms with van der Waals surface area (Å²) in [6.45, 7) is 2.11. The van der Waals surface area contributed by atoms with Crippen LogP contribution in [0.1, 0.15) is 18.5 Å². The minimum absolute atomic E-state index is 0.193. The summed E-state index contributed by atoms with van der Waals surface area (Å²) in [6, 6.07) is 16.4. The van der Waals surface area contributed by atoms with Gasteiger partial charge in [-0.3, -0.25) is 4.98 Å². The summed E-state index contributed by atoms with van der Waals surface area (Å²) in [7, 11) is 0. The van der Waals surface area contributed by atoms with Gasteiger partial charge in [0.05, 0.1) is 17.2 Å². The van der Waals surface area contributed by atoms with E-state index in [2.05, 4.69) is 50.3 Å². The Kier molecular flexibility index (Phi) is 3.65. The van der Waals surface area contributed by atoms with Crippen molar-refractivity contribution in [3.63, 3.8) is 0 Å². The van der Waals surface area contributed by atoms with Crippen LogP contribution in [0.15, 0.2) is 59.2 Å². The van der Waals surface area contributed by atoms with Crippen LogP contribution in [0.25, 0.3) is 11.0 Å². The molecule has 0 bridgehead atoms. The molecular formula is C16H14BrN3. The normalized spacial score (nSPS) is 12.3. The molecule has 0 saturated heterocycles. The third kappa shape index (κ3) is 2.80. The number of nitrogens with one attached hydrogen (secondary N) is 1. The predicted octanol–water partition coefficient (Wildman–Crippen LogP) is 4.57. The number of rotatable bonds is 3. The third-order valence-electron chi connectivity index (χ3n) is 3.17. The Balaban J connectivity index is 1.86. The maximum atomic E-state index is 4.59. The molecule has 0 aliphatic heterocycles. The van der Waals surface area contributed by atoms with Crippen molar-refractivity contribution < 1.29 is 0 Å². The predicted molar refractivity (Wildman–Crippen MR) is 85.7 cm³/mol. The number of hydrogen-bond donors (Lipinski definition) is 1. The zero-order valence-corrected chi connectivity index (χ0v) is 12.6. The van der Waals surface area contributed by atoms with Gasteiger partial charge in [-0.25, -0.2) is 4.98 Å². The van der Waals surface area contributed by atoms with Gasteiger partial charge in [0.2, 0.25) is 0 Å². The Bertz CT molecular complexity index is 728. The first-order chi connectivity index (χ1) is 9.72. The fourth-order valence-corrected chi connectivity index (χ4v) is 2.45. The first-order valence-corrected chi connectivity index (χ1v) is 7.25. The van der Waals surface area contributed by atoms with Gasteiger partial charge in [-0.2, -0.15) is 0 Å². The molecule has 0 amide bonds. The highest BCUT2D eigenvalue weighted by atomic mass is 79.9. The molecule has 0 saturated carbocycles. The van der Waals surface area contributed by atoms with Crippen LogP contribution in [-0.4, -0.2) is 9.97 Å². The summed E-state index contributed by atoms with van der Waals surface area (Å²) in [6.07, 6.45) is 1.77. The minimum atomic E-state index is 0.193. The van der Waals surface area contributed by atoms with Crippen LogP contribution in [0.3, 0.4) is 0 Å². The summed E-state index contributed by atoms with van der Waals surface area (Å²) in [4.78, 5) is 9.02. The molecule has 3 aromatic rings. The molecule has 1 heterocycles. The van der Waals surface area contributed by atoms with Crippen LogP contribution in [0.5, 0.6) is 0 Å². The second-order valence-corrected chi connectivity index (χ2v) is 5.58. The molecule has 3 nitrogen and oxygen atoms in total. The zero-order chi connectivity index (χ0) is 13.9. The van der Waals surface area contributed by atoms with Gasteiger partial charge in [-0.1, -0.05) is 46.3 Å². The molecule has 0 aliphatic rings. The van der Waals surface area contributed by atoms with Crippen LogP contribution < -0.4 is 5.32 Å². The van der Waals surface area contributed by atoms with E-state index in [4.69, 9.17) is 0 Å². The van der Waals surface area contributed by atoms with Gasteiger partial charge < -0.3 is 5.32 Å². The Morgan fingerprint density at radius 2 is 1.85 bits per heavy atom. The van der Waals surface area contributed by atoms with Crippen LogP contribution in [0.2, 0.25) is 0 Å². The van der Waals surface area contributed by atoms with E-state index in [1.807, 2.05) is 36.4 Å². The quantitative estimate of drug-likeness (QED) is 0.765. The summed E-state index contributed by atoms with van der Waals surface area (Å²) >= 11 is 3.44. The molecule has 0 fully saturated rings. The van der Waals surface area contributed by atoms with Crippen LogP contribution in [-0.2, 0) is 0 Å². The van der Waals surface area contributed by atoms with Crippen molar-refractivity contribution in [1.29, 1.82) is 0 Å². The van der Waals surface area contributed by atoms with Crippen LogP contribution in [0.4, 0.5) is 5.82 Å². The van der Waals surface area contributed by atoms with Gasteiger partial charge in [0, 0.05) is 10.5 Å². The Morgan fingerprint density at radius 1 is 1.05 bits per heavy atom. The van der Waals surface area contributed by atoms with E-state index in [9.17, 15) is 0 Å². The monoisotopic (exact) mass is 327 g/mol. The second-order valence-electron chi connectivity index (χ2n) is 4.66. The van der Waals surface area contributed by atoms with Crippen molar-refractivity contribution in [2.75, 3.05) is 5.32 Å². The lowest BCUT2D eigenvalue weighted by molar-refractivity contribution is 0.874. The van der Waals surface area contributed by atoms with Gasteiger partial charge in [0.1, 0.15) is 5.82 Å². The Hall–Kier alpha value is -1.94. The number of halogens is 1. The fraction of sp³-hybridized carbons (Fsp3) is 0.125. The Morgan fingerprint density at radius 3 is 2.65 bits per heavy atom. The molecule has 1 aromatic heterocycles. The maximum absolute atomic E-state index is 4.59.